The average molecular weight is 339 g/mol. The predicted octanol–water partition coefficient (Wildman–Crippen LogP) is 1.71. The zero-order valence-corrected chi connectivity index (χ0v) is 12.1. The summed E-state index contributed by atoms with van der Waals surface area (Å²) in [6.45, 7) is 0. The first-order valence-electron chi connectivity index (χ1n) is 6.60. The molecule has 5 nitrogen and oxygen atoms in total. The lowest BCUT2D eigenvalue weighted by molar-refractivity contribution is -0.0790. The number of nitrogens with zero attached hydrogens (tertiary/aromatic N) is 1. The van der Waals surface area contributed by atoms with E-state index in [1.165, 1.54) is 18.2 Å². The second kappa shape index (κ2) is 8.80. The topological polar surface area (TPSA) is 82.3 Å². The molecule has 0 spiro atoms. The summed E-state index contributed by atoms with van der Waals surface area (Å²) >= 11 is 0. The SMILES string of the molecule is CO.OC1CC(C(O)C(F)F)N=C(c2cccc(C(F)F)c2)O1. The van der Waals surface area contributed by atoms with Crippen LogP contribution in [0, 0.1) is 0 Å². The van der Waals surface area contributed by atoms with Gasteiger partial charge in [-0.2, -0.15) is 0 Å². The number of ether oxygens (including phenoxy) is 1. The van der Waals surface area contributed by atoms with E-state index in [1.54, 1.807) is 0 Å². The van der Waals surface area contributed by atoms with Gasteiger partial charge in [0, 0.05) is 24.7 Å². The maximum absolute atomic E-state index is 12.6. The van der Waals surface area contributed by atoms with Crippen LogP contribution in [0.1, 0.15) is 24.0 Å². The molecule has 130 valence electrons. The number of halogens is 4. The first-order chi connectivity index (χ1) is 10.9. The van der Waals surface area contributed by atoms with E-state index in [0.29, 0.717) is 0 Å². The summed E-state index contributed by atoms with van der Waals surface area (Å²) in [6.07, 6.45) is -9.54. The highest BCUT2D eigenvalue weighted by Gasteiger charge is 2.34. The van der Waals surface area contributed by atoms with Crippen molar-refractivity contribution in [2.75, 3.05) is 7.11 Å². The van der Waals surface area contributed by atoms with E-state index < -0.39 is 31.3 Å². The van der Waals surface area contributed by atoms with Crippen LogP contribution in [0.25, 0.3) is 0 Å². The Kier molecular flexibility index (Phi) is 7.40. The summed E-state index contributed by atoms with van der Waals surface area (Å²) in [5.74, 6) is -0.249. The van der Waals surface area contributed by atoms with E-state index in [9.17, 15) is 27.8 Å². The van der Waals surface area contributed by atoms with Crippen LogP contribution in [0.15, 0.2) is 29.3 Å². The molecule has 1 aliphatic heterocycles. The van der Waals surface area contributed by atoms with Gasteiger partial charge in [-0.25, -0.2) is 22.6 Å². The molecule has 0 aliphatic carbocycles. The van der Waals surface area contributed by atoms with Crippen molar-refractivity contribution < 1.29 is 37.6 Å². The number of aliphatic hydroxyl groups excluding tert-OH is 3. The Morgan fingerprint density at radius 1 is 1.22 bits per heavy atom. The van der Waals surface area contributed by atoms with Gasteiger partial charge < -0.3 is 20.1 Å². The zero-order chi connectivity index (χ0) is 17.6. The molecular formula is C14H17F4NO4. The van der Waals surface area contributed by atoms with Crippen molar-refractivity contribution >= 4 is 5.90 Å². The van der Waals surface area contributed by atoms with Gasteiger partial charge in [-0.15, -0.1) is 0 Å². The lowest BCUT2D eigenvalue weighted by Gasteiger charge is -2.28. The summed E-state index contributed by atoms with van der Waals surface area (Å²) in [7, 11) is 1.00. The van der Waals surface area contributed by atoms with Crippen molar-refractivity contribution in [2.24, 2.45) is 4.99 Å². The fraction of sp³-hybridized carbons (Fsp3) is 0.500. The van der Waals surface area contributed by atoms with Crippen LogP contribution in [0.4, 0.5) is 17.6 Å². The van der Waals surface area contributed by atoms with E-state index in [2.05, 4.69) is 4.99 Å². The summed E-state index contributed by atoms with van der Waals surface area (Å²) in [6, 6.07) is 3.75. The number of alkyl halides is 4. The lowest BCUT2D eigenvalue weighted by atomic mass is 10.1. The van der Waals surface area contributed by atoms with E-state index in [1.807, 2.05) is 0 Å². The minimum atomic E-state index is -3.03. The Hall–Kier alpha value is -1.71. The van der Waals surface area contributed by atoms with Crippen molar-refractivity contribution in [3.05, 3.63) is 35.4 Å². The molecule has 1 heterocycles. The Bertz CT molecular complexity index is 527. The molecule has 2 rings (SSSR count). The van der Waals surface area contributed by atoms with Crippen molar-refractivity contribution in [3.63, 3.8) is 0 Å². The van der Waals surface area contributed by atoms with E-state index in [0.717, 1.165) is 13.2 Å². The fourth-order valence-corrected chi connectivity index (χ4v) is 1.95. The van der Waals surface area contributed by atoms with Crippen LogP contribution in [-0.2, 0) is 4.74 Å². The molecule has 23 heavy (non-hydrogen) atoms. The maximum Gasteiger partial charge on any atom is 0.266 e. The van der Waals surface area contributed by atoms with Crippen LogP contribution >= 0.6 is 0 Å². The van der Waals surface area contributed by atoms with E-state index in [4.69, 9.17) is 9.84 Å². The number of hydrogen-bond donors (Lipinski definition) is 3. The zero-order valence-electron chi connectivity index (χ0n) is 12.1. The van der Waals surface area contributed by atoms with Crippen LogP contribution in [0.3, 0.4) is 0 Å². The van der Waals surface area contributed by atoms with Gasteiger partial charge in [-0.3, -0.25) is 0 Å². The Morgan fingerprint density at radius 3 is 2.43 bits per heavy atom. The summed E-state index contributed by atoms with van der Waals surface area (Å²) < 4.78 is 55.2. The van der Waals surface area contributed by atoms with Gasteiger partial charge in [0.2, 0.25) is 12.2 Å². The first kappa shape index (κ1) is 19.3. The maximum atomic E-state index is 12.6. The molecule has 1 aliphatic rings. The molecule has 0 radical (unpaired) electrons. The Balaban J connectivity index is 0.00000127. The quantitative estimate of drug-likeness (QED) is 0.730. The van der Waals surface area contributed by atoms with E-state index in [-0.39, 0.29) is 23.4 Å². The van der Waals surface area contributed by atoms with Crippen LogP contribution in [0.2, 0.25) is 0 Å². The van der Waals surface area contributed by atoms with Gasteiger partial charge in [0.25, 0.3) is 12.9 Å². The normalized spacial score (nSPS) is 22.1. The second-order valence-electron chi connectivity index (χ2n) is 4.56. The fourth-order valence-electron chi connectivity index (χ4n) is 1.95. The third kappa shape index (κ3) is 5.15. The largest absolute Gasteiger partial charge is 0.448 e. The molecule has 0 fully saturated rings. The molecule has 0 amide bonds. The monoisotopic (exact) mass is 339 g/mol. The summed E-state index contributed by atoms with van der Waals surface area (Å²) in [5.41, 5.74) is -0.164. The highest BCUT2D eigenvalue weighted by Crippen LogP contribution is 2.24. The molecule has 0 saturated heterocycles. The van der Waals surface area contributed by atoms with Crippen molar-refractivity contribution in [1.29, 1.82) is 0 Å². The highest BCUT2D eigenvalue weighted by atomic mass is 19.3. The number of benzene rings is 1. The third-order valence-corrected chi connectivity index (χ3v) is 3.01. The van der Waals surface area contributed by atoms with Gasteiger partial charge >= 0.3 is 0 Å². The number of aliphatic hydroxyl groups is 3. The molecule has 1 aromatic rings. The molecule has 1 aromatic carbocycles. The molecule has 3 atom stereocenters. The number of aliphatic imine (C=N–C) groups is 1. The molecule has 9 heteroatoms. The third-order valence-electron chi connectivity index (χ3n) is 3.01. The predicted molar refractivity (Wildman–Crippen MR) is 73.6 cm³/mol. The number of rotatable bonds is 4. The molecule has 3 N–H and O–H groups in total. The minimum absolute atomic E-state index is 0.123. The first-order valence-corrected chi connectivity index (χ1v) is 6.60. The molecular weight excluding hydrogens is 322 g/mol. The van der Waals surface area contributed by atoms with Gasteiger partial charge in [0.05, 0.1) is 6.04 Å². The molecule has 0 bridgehead atoms. The summed E-state index contributed by atoms with van der Waals surface area (Å²) in [4.78, 5) is 3.78. The molecule has 0 saturated carbocycles. The van der Waals surface area contributed by atoms with Crippen LogP contribution < -0.4 is 0 Å². The van der Waals surface area contributed by atoms with Crippen molar-refractivity contribution in [2.45, 2.75) is 37.7 Å². The van der Waals surface area contributed by atoms with Crippen molar-refractivity contribution in [3.8, 4) is 0 Å². The highest BCUT2D eigenvalue weighted by molar-refractivity contribution is 5.94. The second-order valence-corrected chi connectivity index (χ2v) is 4.56. The molecule has 0 aromatic heterocycles. The Labute approximate surface area is 129 Å². The van der Waals surface area contributed by atoms with Crippen LogP contribution in [-0.4, -0.2) is 53.2 Å². The van der Waals surface area contributed by atoms with E-state index >= 15 is 0 Å². The lowest BCUT2D eigenvalue weighted by Crippen LogP contribution is -2.40. The standard InChI is InChI=1S/C13H13F4NO3.CH4O/c14-11(15)6-2-1-3-7(4-6)13-18-8(5-9(19)21-13)10(20)12(16)17;1-2/h1-4,8-12,19-20H,5H2;2H,1H3. The average Bonchev–Trinajstić information content (AvgIpc) is 2.55. The Morgan fingerprint density at radius 2 is 1.87 bits per heavy atom. The van der Waals surface area contributed by atoms with Gasteiger partial charge in [-0.05, 0) is 12.1 Å². The summed E-state index contributed by atoms with van der Waals surface area (Å²) in [5, 5.41) is 25.8. The van der Waals surface area contributed by atoms with Gasteiger partial charge in [0.1, 0.15) is 6.10 Å². The van der Waals surface area contributed by atoms with Gasteiger partial charge in [0.15, 0.2) is 0 Å². The molecule has 3 unspecified atom stereocenters. The van der Waals surface area contributed by atoms with Crippen molar-refractivity contribution in [1.82, 2.24) is 0 Å². The van der Waals surface area contributed by atoms with Crippen LogP contribution in [0.5, 0.6) is 0 Å². The number of hydrogen-bond acceptors (Lipinski definition) is 5. The minimum Gasteiger partial charge on any atom is -0.448 e. The van der Waals surface area contributed by atoms with Gasteiger partial charge in [-0.1, -0.05) is 12.1 Å². The smallest absolute Gasteiger partial charge is 0.266 e.